The van der Waals surface area contributed by atoms with E-state index in [1.807, 2.05) is 68.4 Å². The summed E-state index contributed by atoms with van der Waals surface area (Å²) < 4.78 is 4.81. The molecule has 0 aliphatic heterocycles. The van der Waals surface area contributed by atoms with Crippen LogP contribution in [0.15, 0.2) is 72.8 Å². The summed E-state index contributed by atoms with van der Waals surface area (Å²) in [4.78, 5) is 11.9. The summed E-state index contributed by atoms with van der Waals surface area (Å²) in [6.45, 7) is 5.90. The van der Waals surface area contributed by atoms with Gasteiger partial charge in [0.1, 0.15) is 0 Å². The van der Waals surface area contributed by atoms with Gasteiger partial charge in [0.05, 0.1) is 41.8 Å². The van der Waals surface area contributed by atoms with Gasteiger partial charge in [-0.15, -0.1) is 0 Å². The van der Waals surface area contributed by atoms with E-state index in [1.54, 1.807) is 18.2 Å². The van der Waals surface area contributed by atoms with Crippen molar-refractivity contribution in [1.82, 2.24) is 5.32 Å². The van der Waals surface area contributed by atoms with E-state index in [9.17, 15) is 15.3 Å². The van der Waals surface area contributed by atoms with Crippen LogP contribution in [-0.2, 0) is 11.2 Å². The van der Waals surface area contributed by atoms with Crippen molar-refractivity contribution in [1.29, 1.82) is 10.5 Å². The molecule has 0 aliphatic carbocycles. The Labute approximate surface area is 218 Å². The monoisotopic (exact) mass is 499 g/mol. The number of nitrogens with one attached hydrogen (secondary N) is 1. The predicted octanol–water partition coefficient (Wildman–Crippen LogP) is 6.59. The first-order valence-electron chi connectivity index (χ1n) is 11.8. The highest BCUT2D eigenvalue weighted by atomic mass is 35.5. The van der Waals surface area contributed by atoms with Gasteiger partial charge in [-0.05, 0) is 80.3 Å². The first-order valence-corrected chi connectivity index (χ1v) is 12.2. The number of ether oxygens (including phenoxy) is 1. The largest absolute Gasteiger partial charge is 0.465 e. The summed E-state index contributed by atoms with van der Waals surface area (Å²) in [5, 5.41) is 23.8. The van der Waals surface area contributed by atoms with E-state index in [1.165, 1.54) is 7.11 Å². The fourth-order valence-electron chi connectivity index (χ4n) is 4.39. The van der Waals surface area contributed by atoms with Crippen molar-refractivity contribution in [3.05, 3.63) is 106 Å². The molecule has 0 saturated heterocycles. The van der Waals surface area contributed by atoms with E-state index in [0.717, 1.165) is 23.1 Å². The van der Waals surface area contributed by atoms with Gasteiger partial charge in [0.25, 0.3) is 0 Å². The lowest BCUT2D eigenvalue weighted by Crippen LogP contribution is -2.42. The Kier molecular flexibility index (Phi) is 8.88. The highest BCUT2D eigenvalue weighted by Crippen LogP contribution is 2.36. The molecule has 3 rings (SSSR count). The molecule has 0 heterocycles. The van der Waals surface area contributed by atoms with Gasteiger partial charge in [0.15, 0.2) is 0 Å². The fraction of sp³-hybridized carbons (Fsp3) is 0.300. The number of hydrogen-bond donors (Lipinski definition) is 1. The molecule has 0 radical (unpaired) electrons. The van der Waals surface area contributed by atoms with Crippen LogP contribution in [0.25, 0.3) is 0 Å². The van der Waals surface area contributed by atoms with Crippen molar-refractivity contribution >= 4 is 17.6 Å². The van der Waals surface area contributed by atoms with Crippen molar-refractivity contribution in [2.75, 3.05) is 7.11 Å². The Bertz CT molecular complexity index is 1270. The molecule has 0 amide bonds. The maximum atomic E-state index is 11.9. The Morgan fingerprint density at radius 1 is 1.03 bits per heavy atom. The molecule has 6 heteroatoms. The number of hydrogen-bond acceptors (Lipinski definition) is 5. The maximum absolute atomic E-state index is 11.9. The maximum Gasteiger partial charge on any atom is 0.337 e. The summed E-state index contributed by atoms with van der Waals surface area (Å²) >= 11 is 6.10. The summed E-state index contributed by atoms with van der Waals surface area (Å²) in [5.41, 5.74) is 3.39. The number of carbonyl (C=O) groups is 1. The van der Waals surface area contributed by atoms with Crippen LogP contribution >= 0.6 is 11.6 Å². The number of nitrogens with zero attached hydrogens (tertiary/aromatic N) is 2. The van der Waals surface area contributed by atoms with Crippen molar-refractivity contribution < 1.29 is 9.53 Å². The second-order valence-corrected chi connectivity index (χ2v) is 9.95. The fourth-order valence-corrected chi connectivity index (χ4v) is 4.52. The van der Waals surface area contributed by atoms with Crippen LogP contribution in [0.5, 0.6) is 0 Å². The smallest absolute Gasteiger partial charge is 0.337 e. The van der Waals surface area contributed by atoms with Crippen molar-refractivity contribution in [3.8, 4) is 12.1 Å². The number of carbonyl (C=O) groups excluding carboxylic acids is 1. The zero-order valence-corrected chi connectivity index (χ0v) is 21.7. The van der Waals surface area contributed by atoms with Crippen LogP contribution in [0, 0.1) is 28.1 Å². The van der Waals surface area contributed by atoms with Crippen molar-refractivity contribution in [2.45, 2.75) is 45.2 Å². The second-order valence-electron chi connectivity index (χ2n) is 9.51. The molecular weight excluding hydrogens is 470 g/mol. The molecule has 1 N–H and O–H groups in total. The summed E-state index contributed by atoms with van der Waals surface area (Å²) in [6, 6.07) is 26.9. The standard InChI is InChI=1S/C30H30ClN3O2/c1-20(34-28(30(2,3)19-33)23-10-12-24(13-11-23)29(35)36-4)27(17-21-8-14-26(31)15-9-21)25-7-5-6-22(16-25)18-32/h5-16,20,27-28,34H,17H2,1-4H3/t20-,27+,28?/m0/s1. The molecule has 3 aromatic carbocycles. The third kappa shape index (κ3) is 6.52. The SMILES string of the molecule is COC(=O)c1ccc(C(N[C@@H](C)[C@@H](Cc2ccc(Cl)cc2)c2cccc(C#N)c2)C(C)(C)C#N)cc1. The number of esters is 1. The Morgan fingerprint density at radius 2 is 1.69 bits per heavy atom. The van der Waals surface area contributed by atoms with Crippen LogP contribution in [0.1, 0.15) is 65.3 Å². The van der Waals surface area contributed by atoms with E-state index in [2.05, 4.69) is 24.4 Å². The molecule has 0 aliphatic rings. The van der Waals surface area contributed by atoms with Gasteiger partial charge in [0, 0.05) is 17.0 Å². The topological polar surface area (TPSA) is 85.9 Å². The lowest BCUT2D eigenvalue weighted by Gasteiger charge is -2.36. The number of rotatable bonds is 9. The first-order chi connectivity index (χ1) is 17.2. The average Bonchev–Trinajstić information content (AvgIpc) is 2.90. The minimum Gasteiger partial charge on any atom is -0.465 e. The van der Waals surface area contributed by atoms with E-state index >= 15 is 0 Å². The quantitative estimate of drug-likeness (QED) is 0.335. The molecule has 0 fully saturated rings. The Hall–Kier alpha value is -3.64. The van der Waals surface area contributed by atoms with E-state index in [-0.39, 0.29) is 18.0 Å². The molecule has 0 saturated carbocycles. The van der Waals surface area contributed by atoms with Crippen molar-refractivity contribution in [2.24, 2.45) is 5.41 Å². The van der Waals surface area contributed by atoms with Gasteiger partial charge in [0.2, 0.25) is 0 Å². The molecule has 1 unspecified atom stereocenters. The van der Waals surface area contributed by atoms with Crippen LogP contribution < -0.4 is 5.32 Å². The third-order valence-electron chi connectivity index (χ3n) is 6.52. The van der Waals surface area contributed by atoms with Gasteiger partial charge in [-0.3, -0.25) is 0 Å². The van der Waals surface area contributed by atoms with E-state index in [4.69, 9.17) is 16.3 Å². The highest BCUT2D eigenvalue weighted by Gasteiger charge is 2.34. The lowest BCUT2D eigenvalue weighted by atomic mass is 9.79. The summed E-state index contributed by atoms with van der Waals surface area (Å²) in [7, 11) is 1.35. The Balaban J connectivity index is 1.98. The molecule has 0 bridgehead atoms. The van der Waals surface area contributed by atoms with Gasteiger partial charge >= 0.3 is 5.97 Å². The van der Waals surface area contributed by atoms with Gasteiger partial charge < -0.3 is 10.1 Å². The molecule has 3 aromatic rings. The minimum atomic E-state index is -0.736. The summed E-state index contributed by atoms with van der Waals surface area (Å²) in [6.07, 6.45) is 0.723. The molecule has 184 valence electrons. The zero-order chi connectivity index (χ0) is 26.3. The number of benzene rings is 3. The normalized spacial score (nSPS) is 13.6. The zero-order valence-electron chi connectivity index (χ0n) is 21.0. The van der Waals surface area contributed by atoms with Crippen LogP contribution in [-0.4, -0.2) is 19.1 Å². The molecule has 36 heavy (non-hydrogen) atoms. The second kappa shape index (κ2) is 11.9. The molecule has 0 spiro atoms. The van der Waals surface area contributed by atoms with Gasteiger partial charge in [-0.25, -0.2) is 4.79 Å². The predicted molar refractivity (Wildman–Crippen MR) is 142 cm³/mol. The molecule has 3 atom stereocenters. The van der Waals surface area contributed by atoms with Gasteiger partial charge in [-0.2, -0.15) is 10.5 Å². The number of nitriles is 2. The third-order valence-corrected chi connectivity index (χ3v) is 6.77. The number of methoxy groups -OCH3 is 1. The summed E-state index contributed by atoms with van der Waals surface area (Å²) in [5.74, 6) is -0.384. The number of halogens is 1. The van der Waals surface area contributed by atoms with Crippen LogP contribution in [0.3, 0.4) is 0 Å². The van der Waals surface area contributed by atoms with Crippen LogP contribution in [0.4, 0.5) is 0 Å². The molecular formula is C30H30ClN3O2. The van der Waals surface area contributed by atoms with E-state index in [0.29, 0.717) is 16.1 Å². The first kappa shape index (κ1) is 27.0. The van der Waals surface area contributed by atoms with E-state index < -0.39 is 11.4 Å². The molecule has 5 nitrogen and oxygen atoms in total. The van der Waals surface area contributed by atoms with Crippen LogP contribution in [0.2, 0.25) is 5.02 Å². The lowest BCUT2D eigenvalue weighted by molar-refractivity contribution is 0.0600. The minimum absolute atomic E-state index is 0.0193. The van der Waals surface area contributed by atoms with Gasteiger partial charge in [-0.1, -0.05) is 48.0 Å². The highest BCUT2D eigenvalue weighted by molar-refractivity contribution is 6.30. The molecule has 0 aromatic heterocycles. The Morgan fingerprint density at radius 3 is 2.28 bits per heavy atom. The van der Waals surface area contributed by atoms with Crippen molar-refractivity contribution in [3.63, 3.8) is 0 Å². The average molecular weight is 500 g/mol.